The molecule has 104 valence electrons. The van der Waals surface area contributed by atoms with Gasteiger partial charge in [-0.1, -0.05) is 15.9 Å². The predicted octanol–water partition coefficient (Wildman–Crippen LogP) is 3.55. The van der Waals surface area contributed by atoms with Gasteiger partial charge in [0, 0.05) is 10.5 Å². The molecule has 0 aliphatic rings. The largest absolute Gasteiger partial charge is 0.508 e. The van der Waals surface area contributed by atoms with Gasteiger partial charge >= 0.3 is 0 Å². The molecule has 6 heteroatoms. The molecule has 0 saturated carbocycles. The lowest BCUT2D eigenvalue weighted by molar-refractivity contribution is 0.102. The highest BCUT2D eigenvalue weighted by Gasteiger charge is 2.14. The van der Waals surface area contributed by atoms with Crippen LogP contribution in [0.3, 0.4) is 0 Å². The number of ether oxygens (including phenoxy) is 1. The van der Waals surface area contributed by atoms with E-state index in [1.165, 1.54) is 19.2 Å². The van der Waals surface area contributed by atoms with Gasteiger partial charge in [0.05, 0.1) is 18.4 Å². The van der Waals surface area contributed by atoms with E-state index >= 15 is 0 Å². The summed E-state index contributed by atoms with van der Waals surface area (Å²) in [5, 5.41) is 11.6. The number of carbonyl (C=O) groups excluding carboxylic acids is 1. The molecular formula is C14H11BrFNO3. The van der Waals surface area contributed by atoms with Gasteiger partial charge in [0.1, 0.15) is 17.3 Å². The van der Waals surface area contributed by atoms with E-state index in [1.807, 2.05) is 0 Å². The Morgan fingerprint density at radius 1 is 1.30 bits per heavy atom. The molecule has 0 aliphatic heterocycles. The molecule has 2 aromatic rings. The molecule has 2 aromatic carbocycles. The molecule has 1 amide bonds. The van der Waals surface area contributed by atoms with Crippen LogP contribution in [0, 0.1) is 5.82 Å². The van der Waals surface area contributed by atoms with Crippen LogP contribution in [0.25, 0.3) is 0 Å². The summed E-state index contributed by atoms with van der Waals surface area (Å²) in [5.41, 5.74) is 0.265. The second-order valence-electron chi connectivity index (χ2n) is 3.96. The Bertz CT molecular complexity index is 661. The van der Waals surface area contributed by atoms with Gasteiger partial charge in [-0.05, 0) is 30.3 Å². The predicted molar refractivity (Wildman–Crippen MR) is 76.7 cm³/mol. The summed E-state index contributed by atoms with van der Waals surface area (Å²) in [4.78, 5) is 12.1. The van der Waals surface area contributed by atoms with Crippen LogP contribution in [0.4, 0.5) is 10.1 Å². The number of methoxy groups -OCH3 is 1. The molecule has 0 saturated heterocycles. The fourth-order valence-corrected chi connectivity index (χ4v) is 1.99. The number of halogens is 2. The molecule has 0 radical (unpaired) electrons. The fraction of sp³-hybridized carbons (Fsp3) is 0.0714. The molecule has 0 aliphatic carbocycles. The number of hydrogen-bond donors (Lipinski definition) is 2. The zero-order valence-electron chi connectivity index (χ0n) is 10.5. The van der Waals surface area contributed by atoms with Crippen molar-refractivity contribution in [3.63, 3.8) is 0 Å². The average Bonchev–Trinajstić information content (AvgIpc) is 2.41. The van der Waals surface area contributed by atoms with Crippen LogP contribution in [-0.4, -0.2) is 18.1 Å². The summed E-state index contributed by atoms with van der Waals surface area (Å²) in [7, 11) is 1.44. The minimum atomic E-state index is -0.713. The van der Waals surface area contributed by atoms with Gasteiger partial charge in [0.25, 0.3) is 5.91 Å². The topological polar surface area (TPSA) is 58.6 Å². The van der Waals surface area contributed by atoms with Crippen molar-refractivity contribution in [2.24, 2.45) is 0 Å². The molecule has 2 N–H and O–H groups in total. The van der Waals surface area contributed by atoms with E-state index in [0.717, 1.165) is 10.5 Å². The Balaban J connectivity index is 2.28. The molecule has 0 spiro atoms. The van der Waals surface area contributed by atoms with Crippen molar-refractivity contribution in [1.29, 1.82) is 0 Å². The Morgan fingerprint density at radius 3 is 2.70 bits per heavy atom. The Labute approximate surface area is 123 Å². The molecule has 0 bridgehead atoms. The summed E-state index contributed by atoms with van der Waals surface area (Å²) in [6, 6.07) is 8.39. The zero-order chi connectivity index (χ0) is 14.7. The average molecular weight is 340 g/mol. The number of hydrogen-bond acceptors (Lipinski definition) is 3. The van der Waals surface area contributed by atoms with Crippen LogP contribution in [0.2, 0.25) is 0 Å². The van der Waals surface area contributed by atoms with Crippen LogP contribution in [-0.2, 0) is 0 Å². The summed E-state index contributed by atoms with van der Waals surface area (Å²) >= 11 is 3.27. The highest BCUT2D eigenvalue weighted by atomic mass is 79.9. The lowest BCUT2D eigenvalue weighted by Gasteiger charge is -2.10. The molecule has 2 rings (SSSR count). The van der Waals surface area contributed by atoms with Crippen LogP contribution >= 0.6 is 15.9 Å². The van der Waals surface area contributed by atoms with Crippen LogP contribution < -0.4 is 10.1 Å². The van der Waals surface area contributed by atoms with E-state index in [1.54, 1.807) is 18.2 Å². The highest BCUT2D eigenvalue weighted by Crippen LogP contribution is 2.25. The lowest BCUT2D eigenvalue weighted by atomic mass is 10.2. The molecular weight excluding hydrogens is 329 g/mol. The third-order valence-electron chi connectivity index (χ3n) is 2.61. The first-order chi connectivity index (χ1) is 9.51. The third kappa shape index (κ3) is 3.08. The highest BCUT2D eigenvalue weighted by molar-refractivity contribution is 9.10. The van der Waals surface area contributed by atoms with Crippen LogP contribution in [0.1, 0.15) is 10.4 Å². The summed E-state index contributed by atoms with van der Waals surface area (Å²) in [5.74, 6) is -1.05. The van der Waals surface area contributed by atoms with Crippen LogP contribution in [0.5, 0.6) is 11.5 Å². The maximum atomic E-state index is 13.6. The van der Waals surface area contributed by atoms with Crippen LogP contribution in [0.15, 0.2) is 40.9 Å². The van der Waals surface area contributed by atoms with Gasteiger partial charge in [0.15, 0.2) is 0 Å². The SMILES string of the molecule is COc1cc(Br)ccc1C(=O)Nc1ccc(O)cc1F. The number of aromatic hydroxyl groups is 1. The number of nitrogens with one attached hydrogen (secondary N) is 1. The minimum Gasteiger partial charge on any atom is -0.508 e. The minimum absolute atomic E-state index is 0.0160. The number of amides is 1. The second kappa shape index (κ2) is 5.92. The maximum Gasteiger partial charge on any atom is 0.259 e. The van der Waals surface area contributed by atoms with Crippen molar-refractivity contribution >= 4 is 27.5 Å². The first kappa shape index (κ1) is 14.3. The number of phenols is 1. The Hall–Kier alpha value is -2.08. The van der Waals surface area contributed by atoms with Crippen molar-refractivity contribution in [3.05, 3.63) is 52.3 Å². The normalized spacial score (nSPS) is 10.2. The lowest BCUT2D eigenvalue weighted by Crippen LogP contribution is -2.14. The number of rotatable bonds is 3. The van der Waals surface area contributed by atoms with E-state index in [0.29, 0.717) is 5.75 Å². The molecule has 0 atom stereocenters. The van der Waals surface area contributed by atoms with Gasteiger partial charge in [0.2, 0.25) is 0 Å². The molecule has 4 nitrogen and oxygen atoms in total. The first-order valence-electron chi connectivity index (χ1n) is 5.64. The maximum absolute atomic E-state index is 13.6. The van der Waals surface area contributed by atoms with Gasteiger partial charge < -0.3 is 15.2 Å². The monoisotopic (exact) mass is 339 g/mol. The standard InChI is InChI=1S/C14H11BrFNO3/c1-20-13-6-8(15)2-4-10(13)14(19)17-12-5-3-9(18)7-11(12)16/h2-7,18H,1H3,(H,17,19). The number of anilines is 1. The molecule has 0 unspecified atom stereocenters. The second-order valence-corrected chi connectivity index (χ2v) is 4.88. The van der Waals surface area contributed by atoms with Gasteiger partial charge in [-0.25, -0.2) is 4.39 Å². The van der Waals surface area contributed by atoms with E-state index < -0.39 is 11.7 Å². The molecule has 20 heavy (non-hydrogen) atoms. The van der Waals surface area contributed by atoms with E-state index in [9.17, 15) is 9.18 Å². The van der Waals surface area contributed by atoms with Crippen molar-refractivity contribution in [2.75, 3.05) is 12.4 Å². The third-order valence-corrected chi connectivity index (χ3v) is 3.10. The number of carbonyl (C=O) groups is 1. The molecule has 0 fully saturated rings. The fourth-order valence-electron chi connectivity index (χ4n) is 1.65. The Kier molecular flexibility index (Phi) is 4.24. The Morgan fingerprint density at radius 2 is 2.05 bits per heavy atom. The molecule has 0 aromatic heterocycles. The molecule has 0 heterocycles. The van der Waals surface area contributed by atoms with Gasteiger partial charge in [-0.15, -0.1) is 0 Å². The quantitative estimate of drug-likeness (QED) is 0.840. The van der Waals surface area contributed by atoms with E-state index in [2.05, 4.69) is 21.2 Å². The first-order valence-corrected chi connectivity index (χ1v) is 6.44. The summed E-state index contributed by atoms with van der Waals surface area (Å²) in [6.45, 7) is 0. The van der Waals surface area contributed by atoms with E-state index in [4.69, 9.17) is 9.84 Å². The van der Waals surface area contributed by atoms with Crippen molar-refractivity contribution in [2.45, 2.75) is 0 Å². The smallest absolute Gasteiger partial charge is 0.259 e. The number of benzene rings is 2. The number of phenolic OH excluding ortho intramolecular Hbond substituents is 1. The summed E-state index contributed by atoms with van der Waals surface area (Å²) in [6.07, 6.45) is 0. The van der Waals surface area contributed by atoms with Gasteiger partial charge in [-0.2, -0.15) is 0 Å². The van der Waals surface area contributed by atoms with E-state index in [-0.39, 0.29) is 17.0 Å². The zero-order valence-corrected chi connectivity index (χ0v) is 12.1. The van der Waals surface area contributed by atoms with Crippen molar-refractivity contribution in [3.8, 4) is 11.5 Å². The van der Waals surface area contributed by atoms with Gasteiger partial charge in [-0.3, -0.25) is 4.79 Å². The van der Waals surface area contributed by atoms with Crippen molar-refractivity contribution in [1.82, 2.24) is 0 Å². The van der Waals surface area contributed by atoms with Crippen molar-refractivity contribution < 1.29 is 19.0 Å². The summed E-state index contributed by atoms with van der Waals surface area (Å²) < 4.78 is 19.4.